The summed E-state index contributed by atoms with van der Waals surface area (Å²) in [5.74, 6) is 0.251. The predicted octanol–water partition coefficient (Wildman–Crippen LogP) is 4.71. The van der Waals surface area contributed by atoms with Crippen molar-refractivity contribution in [3.05, 3.63) is 76.9 Å². The van der Waals surface area contributed by atoms with Crippen LogP contribution < -0.4 is 0 Å². The van der Waals surface area contributed by atoms with E-state index in [0.29, 0.717) is 6.42 Å². The van der Waals surface area contributed by atoms with Crippen molar-refractivity contribution in [1.29, 1.82) is 0 Å². The maximum Gasteiger partial charge on any atom is 0.0940 e. The van der Waals surface area contributed by atoms with Gasteiger partial charge in [0, 0.05) is 18.9 Å². The van der Waals surface area contributed by atoms with E-state index >= 15 is 0 Å². The molecule has 0 saturated heterocycles. The Balaban J connectivity index is 2.01. The quantitative estimate of drug-likeness (QED) is 0.845. The Morgan fingerprint density at radius 2 is 1.77 bits per heavy atom. The Morgan fingerprint density at radius 3 is 2.46 bits per heavy atom. The zero-order valence-electron chi connectivity index (χ0n) is 16.3. The summed E-state index contributed by atoms with van der Waals surface area (Å²) < 4.78 is 0. The molecule has 138 valence electrons. The number of nitrogens with zero attached hydrogens (tertiary/aromatic N) is 1. The first-order valence-corrected chi connectivity index (χ1v) is 9.67. The second-order valence-electron chi connectivity index (χ2n) is 7.96. The molecule has 1 aliphatic rings. The lowest BCUT2D eigenvalue weighted by Crippen LogP contribution is -2.48. The van der Waals surface area contributed by atoms with Crippen LogP contribution in [0.2, 0.25) is 0 Å². The Morgan fingerprint density at radius 1 is 1.08 bits per heavy atom. The summed E-state index contributed by atoms with van der Waals surface area (Å²) in [4.78, 5) is 2.21. The van der Waals surface area contributed by atoms with Crippen molar-refractivity contribution in [1.82, 2.24) is 4.90 Å². The molecule has 2 aromatic carbocycles. The van der Waals surface area contributed by atoms with Crippen LogP contribution in [0.4, 0.5) is 0 Å². The molecule has 0 heterocycles. The minimum absolute atomic E-state index is 0.251. The van der Waals surface area contributed by atoms with Gasteiger partial charge in [-0.15, -0.1) is 0 Å². The van der Waals surface area contributed by atoms with Gasteiger partial charge in [-0.2, -0.15) is 0 Å². The molecule has 2 nitrogen and oxygen atoms in total. The smallest absolute Gasteiger partial charge is 0.0940 e. The van der Waals surface area contributed by atoms with Gasteiger partial charge in [0.25, 0.3) is 0 Å². The summed E-state index contributed by atoms with van der Waals surface area (Å²) in [5.41, 5.74) is 4.08. The molecule has 2 atom stereocenters. The van der Waals surface area contributed by atoms with E-state index in [-0.39, 0.29) is 5.92 Å². The van der Waals surface area contributed by atoms with Crippen LogP contribution in [-0.2, 0) is 6.42 Å². The first-order chi connectivity index (χ1) is 12.5. The number of hydrogen-bond acceptors (Lipinski definition) is 2. The van der Waals surface area contributed by atoms with E-state index < -0.39 is 5.60 Å². The highest BCUT2D eigenvalue weighted by Crippen LogP contribution is 2.42. The monoisotopic (exact) mass is 349 g/mol. The van der Waals surface area contributed by atoms with E-state index in [1.165, 1.54) is 22.3 Å². The van der Waals surface area contributed by atoms with Gasteiger partial charge in [0.05, 0.1) is 5.60 Å². The molecule has 1 saturated carbocycles. The summed E-state index contributed by atoms with van der Waals surface area (Å²) >= 11 is 0. The fraction of sp³-hybridized carbons (Fsp3) is 0.417. The second-order valence-corrected chi connectivity index (χ2v) is 7.96. The van der Waals surface area contributed by atoms with E-state index in [2.05, 4.69) is 80.5 Å². The van der Waals surface area contributed by atoms with Gasteiger partial charge in [0.2, 0.25) is 0 Å². The van der Waals surface area contributed by atoms with Crippen molar-refractivity contribution >= 4 is 6.08 Å². The number of aliphatic hydroxyl groups is 1. The van der Waals surface area contributed by atoms with E-state index in [1.807, 2.05) is 6.07 Å². The van der Waals surface area contributed by atoms with Gasteiger partial charge in [-0.1, -0.05) is 60.7 Å². The van der Waals surface area contributed by atoms with Crippen molar-refractivity contribution < 1.29 is 5.11 Å². The van der Waals surface area contributed by atoms with Crippen molar-refractivity contribution in [2.75, 3.05) is 20.6 Å². The summed E-state index contributed by atoms with van der Waals surface area (Å²) in [6.45, 7) is 3.05. The van der Waals surface area contributed by atoms with E-state index in [9.17, 15) is 5.11 Å². The number of rotatable bonds is 5. The SMILES string of the molecule is Cc1ccccc1CC1(O)C(=Cc2ccccc2)CCCC1CN(C)C. The first kappa shape index (κ1) is 18.9. The molecule has 1 fully saturated rings. The molecule has 2 unspecified atom stereocenters. The maximum absolute atomic E-state index is 12.0. The summed E-state index contributed by atoms with van der Waals surface area (Å²) in [6.07, 6.45) is 6.11. The Labute approximate surface area is 158 Å². The van der Waals surface area contributed by atoms with Crippen LogP contribution in [0.3, 0.4) is 0 Å². The number of benzene rings is 2. The van der Waals surface area contributed by atoms with Crippen molar-refractivity contribution in [3.8, 4) is 0 Å². The molecule has 1 aliphatic carbocycles. The number of aryl methyl sites for hydroxylation is 1. The second kappa shape index (κ2) is 8.20. The topological polar surface area (TPSA) is 23.5 Å². The summed E-state index contributed by atoms with van der Waals surface area (Å²) in [7, 11) is 4.20. The lowest BCUT2D eigenvalue weighted by molar-refractivity contribution is -0.0124. The van der Waals surface area contributed by atoms with Crippen LogP contribution in [0.1, 0.15) is 36.0 Å². The third kappa shape index (κ3) is 4.25. The molecule has 0 radical (unpaired) electrons. The van der Waals surface area contributed by atoms with Crippen LogP contribution in [-0.4, -0.2) is 36.2 Å². The van der Waals surface area contributed by atoms with Gasteiger partial charge in [0.15, 0.2) is 0 Å². The van der Waals surface area contributed by atoms with Crippen LogP contribution in [0.25, 0.3) is 6.08 Å². The van der Waals surface area contributed by atoms with Gasteiger partial charge < -0.3 is 10.0 Å². The van der Waals surface area contributed by atoms with Gasteiger partial charge >= 0.3 is 0 Å². The van der Waals surface area contributed by atoms with Crippen molar-refractivity contribution in [2.45, 2.75) is 38.2 Å². The van der Waals surface area contributed by atoms with Crippen LogP contribution >= 0.6 is 0 Å². The van der Waals surface area contributed by atoms with Crippen molar-refractivity contribution in [2.24, 2.45) is 5.92 Å². The Hall–Kier alpha value is -1.90. The van der Waals surface area contributed by atoms with Crippen LogP contribution in [0.5, 0.6) is 0 Å². The van der Waals surface area contributed by atoms with Crippen LogP contribution in [0, 0.1) is 12.8 Å². The molecule has 0 aromatic heterocycles. The molecule has 1 N–H and O–H groups in total. The molecular weight excluding hydrogens is 318 g/mol. The van der Waals surface area contributed by atoms with Gasteiger partial charge in [0.1, 0.15) is 0 Å². The minimum Gasteiger partial charge on any atom is -0.385 e. The minimum atomic E-state index is -0.787. The molecule has 2 heteroatoms. The average molecular weight is 350 g/mol. The Bertz CT molecular complexity index is 750. The Kier molecular flexibility index (Phi) is 5.95. The summed E-state index contributed by atoms with van der Waals surface area (Å²) in [6, 6.07) is 18.9. The van der Waals surface area contributed by atoms with E-state index in [1.54, 1.807) is 0 Å². The zero-order chi connectivity index (χ0) is 18.6. The highest BCUT2D eigenvalue weighted by Gasteiger charge is 2.42. The molecule has 0 amide bonds. The molecule has 0 bridgehead atoms. The van der Waals surface area contributed by atoms with Gasteiger partial charge in [-0.3, -0.25) is 0 Å². The highest BCUT2D eigenvalue weighted by atomic mass is 16.3. The maximum atomic E-state index is 12.0. The fourth-order valence-electron chi connectivity index (χ4n) is 4.24. The lowest BCUT2D eigenvalue weighted by Gasteiger charge is -2.44. The highest BCUT2D eigenvalue weighted by molar-refractivity contribution is 5.56. The molecule has 26 heavy (non-hydrogen) atoms. The van der Waals surface area contributed by atoms with Gasteiger partial charge in [-0.25, -0.2) is 0 Å². The molecule has 3 rings (SSSR count). The molecule has 0 spiro atoms. The normalized spacial score (nSPS) is 25.0. The summed E-state index contributed by atoms with van der Waals surface area (Å²) in [5, 5.41) is 12.0. The van der Waals surface area contributed by atoms with E-state index in [0.717, 1.165) is 25.8 Å². The van der Waals surface area contributed by atoms with Gasteiger partial charge in [-0.05, 0) is 62.5 Å². The third-order valence-corrected chi connectivity index (χ3v) is 5.68. The average Bonchev–Trinajstić information content (AvgIpc) is 2.61. The largest absolute Gasteiger partial charge is 0.385 e. The fourth-order valence-corrected chi connectivity index (χ4v) is 4.24. The standard InChI is InChI=1S/C24H31NO/c1-19-10-7-8-13-21(19)17-24(26)22(16-20-11-5-4-6-12-20)14-9-15-23(24)18-25(2)3/h4-8,10-13,16,23,26H,9,14-15,17-18H2,1-3H3. The third-order valence-electron chi connectivity index (χ3n) is 5.68. The lowest BCUT2D eigenvalue weighted by atomic mass is 9.68. The predicted molar refractivity (Wildman–Crippen MR) is 110 cm³/mol. The molecular formula is C24H31NO. The number of hydrogen-bond donors (Lipinski definition) is 1. The zero-order valence-corrected chi connectivity index (χ0v) is 16.3. The van der Waals surface area contributed by atoms with Crippen LogP contribution in [0.15, 0.2) is 60.2 Å². The van der Waals surface area contributed by atoms with Crippen molar-refractivity contribution in [3.63, 3.8) is 0 Å². The molecule has 2 aromatic rings. The van der Waals surface area contributed by atoms with E-state index in [4.69, 9.17) is 0 Å². The molecule has 0 aliphatic heterocycles. The first-order valence-electron chi connectivity index (χ1n) is 9.67.